The van der Waals surface area contributed by atoms with Gasteiger partial charge in [0, 0.05) is 17.1 Å². The molecule has 0 aliphatic rings. The first-order chi connectivity index (χ1) is 10.0. The monoisotopic (exact) mass is 307 g/mol. The molecule has 0 heterocycles. The van der Waals surface area contributed by atoms with Crippen molar-refractivity contribution in [1.29, 1.82) is 0 Å². The maximum Gasteiger partial charge on any atom is 0.124 e. The first-order valence-corrected chi connectivity index (χ1v) is 7.24. The molecule has 2 rings (SSSR count). The summed E-state index contributed by atoms with van der Waals surface area (Å²) in [4.78, 5) is 0. The molecule has 0 amide bonds. The quantitative estimate of drug-likeness (QED) is 0.848. The van der Waals surface area contributed by atoms with E-state index in [0.717, 1.165) is 16.9 Å². The number of rotatable bonds is 5. The van der Waals surface area contributed by atoms with Gasteiger partial charge >= 0.3 is 0 Å². The molecule has 1 unspecified atom stereocenters. The summed E-state index contributed by atoms with van der Waals surface area (Å²) >= 11 is 6.10. The second-order valence-electron chi connectivity index (χ2n) is 5.05. The minimum Gasteiger partial charge on any atom is -0.497 e. The number of nitrogens with one attached hydrogen (secondary N) is 1. The number of hydrogen-bond acceptors (Lipinski definition) is 2. The standard InChI is InChI=1S/C17H19ClFNO/c1-11(13-4-7-15(21-3)8-5-13)20-12(2)16-9-6-14(19)10-17(16)18/h4-12,20H,1-3H3/t11-,12?/m1/s1. The molecule has 2 aromatic rings. The summed E-state index contributed by atoms with van der Waals surface area (Å²) < 4.78 is 18.2. The highest BCUT2D eigenvalue weighted by Crippen LogP contribution is 2.26. The molecule has 0 fully saturated rings. The van der Waals surface area contributed by atoms with Crippen LogP contribution < -0.4 is 10.1 Å². The van der Waals surface area contributed by atoms with E-state index in [4.69, 9.17) is 16.3 Å². The summed E-state index contributed by atoms with van der Waals surface area (Å²) in [5.74, 6) is 0.514. The lowest BCUT2D eigenvalue weighted by molar-refractivity contribution is 0.414. The lowest BCUT2D eigenvalue weighted by atomic mass is 10.0. The third-order valence-electron chi connectivity index (χ3n) is 3.54. The molecule has 21 heavy (non-hydrogen) atoms. The van der Waals surface area contributed by atoms with Crippen LogP contribution in [0.15, 0.2) is 42.5 Å². The molecule has 0 aliphatic heterocycles. The van der Waals surface area contributed by atoms with E-state index in [2.05, 4.69) is 12.2 Å². The van der Waals surface area contributed by atoms with Gasteiger partial charge in [0.1, 0.15) is 11.6 Å². The van der Waals surface area contributed by atoms with E-state index in [9.17, 15) is 4.39 Å². The molecule has 0 bridgehead atoms. The molecule has 2 aromatic carbocycles. The Kier molecular flexibility index (Phi) is 5.21. The average Bonchev–Trinajstić information content (AvgIpc) is 2.47. The first-order valence-electron chi connectivity index (χ1n) is 6.86. The summed E-state index contributed by atoms with van der Waals surface area (Å²) in [5.41, 5.74) is 2.04. The Morgan fingerprint density at radius 2 is 1.71 bits per heavy atom. The number of ether oxygens (including phenoxy) is 1. The summed E-state index contributed by atoms with van der Waals surface area (Å²) in [7, 11) is 1.65. The van der Waals surface area contributed by atoms with Crippen molar-refractivity contribution in [3.8, 4) is 5.75 Å². The molecule has 2 nitrogen and oxygen atoms in total. The Morgan fingerprint density at radius 3 is 2.29 bits per heavy atom. The minimum atomic E-state index is -0.320. The fourth-order valence-corrected chi connectivity index (χ4v) is 2.64. The summed E-state index contributed by atoms with van der Waals surface area (Å²) in [6.07, 6.45) is 0. The zero-order valence-electron chi connectivity index (χ0n) is 12.4. The van der Waals surface area contributed by atoms with Crippen LogP contribution in [-0.2, 0) is 0 Å². The number of benzene rings is 2. The molecular weight excluding hydrogens is 289 g/mol. The maximum atomic E-state index is 13.1. The van der Waals surface area contributed by atoms with Crippen molar-refractivity contribution < 1.29 is 9.13 Å². The van der Waals surface area contributed by atoms with Crippen molar-refractivity contribution in [1.82, 2.24) is 5.32 Å². The van der Waals surface area contributed by atoms with Crippen molar-refractivity contribution in [2.45, 2.75) is 25.9 Å². The van der Waals surface area contributed by atoms with Crippen LogP contribution in [-0.4, -0.2) is 7.11 Å². The van der Waals surface area contributed by atoms with E-state index in [-0.39, 0.29) is 17.9 Å². The zero-order chi connectivity index (χ0) is 15.4. The third-order valence-corrected chi connectivity index (χ3v) is 3.87. The molecule has 2 atom stereocenters. The van der Waals surface area contributed by atoms with Gasteiger partial charge in [-0.1, -0.05) is 29.8 Å². The van der Waals surface area contributed by atoms with Crippen LogP contribution in [0.2, 0.25) is 5.02 Å². The van der Waals surface area contributed by atoms with Gasteiger partial charge in [0.05, 0.1) is 7.11 Å². The largest absolute Gasteiger partial charge is 0.497 e. The average molecular weight is 308 g/mol. The molecular formula is C17H19ClFNO. The third kappa shape index (κ3) is 3.96. The van der Waals surface area contributed by atoms with Gasteiger partial charge in [-0.3, -0.25) is 0 Å². The van der Waals surface area contributed by atoms with E-state index in [1.165, 1.54) is 12.1 Å². The van der Waals surface area contributed by atoms with Crippen molar-refractivity contribution in [2.75, 3.05) is 7.11 Å². The van der Waals surface area contributed by atoms with Crippen LogP contribution in [0.4, 0.5) is 4.39 Å². The van der Waals surface area contributed by atoms with Crippen LogP contribution in [0, 0.1) is 5.82 Å². The van der Waals surface area contributed by atoms with Crippen LogP contribution >= 0.6 is 11.6 Å². The highest BCUT2D eigenvalue weighted by atomic mass is 35.5. The second-order valence-corrected chi connectivity index (χ2v) is 5.46. The van der Waals surface area contributed by atoms with Crippen LogP contribution in [0.3, 0.4) is 0 Å². The maximum absolute atomic E-state index is 13.1. The highest BCUT2D eigenvalue weighted by Gasteiger charge is 2.14. The second kappa shape index (κ2) is 6.92. The Hall–Kier alpha value is -1.58. The lowest BCUT2D eigenvalue weighted by Crippen LogP contribution is -2.22. The summed E-state index contributed by atoms with van der Waals surface area (Å²) in [5, 5.41) is 3.90. The van der Waals surface area contributed by atoms with Crippen molar-refractivity contribution in [3.05, 3.63) is 64.4 Å². The molecule has 1 N–H and O–H groups in total. The smallest absolute Gasteiger partial charge is 0.124 e. The van der Waals surface area contributed by atoms with Gasteiger partial charge in [-0.05, 0) is 49.2 Å². The van der Waals surface area contributed by atoms with Gasteiger partial charge in [0.25, 0.3) is 0 Å². The zero-order valence-corrected chi connectivity index (χ0v) is 13.1. The summed E-state index contributed by atoms with van der Waals surface area (Å²) in [6, 6.07) is 12.6. The van der Waals surface area contributed by atoms with Crippen LogP contribution in [0.1, 0.15) is 37.1 Å². The SMILES string of the molecule is COc1ccc([C@@H](C)NC(C)c2ccc(F)cc2Cl)cc1. The highest BCUT2D eigenvalue weighted by molar-refractivity contribution is 6.31. The molecule has 112 valence electrons. The minimum absolute atomic E-state index is 0.0233. The molecule has 4 heteroatoms. The lowest BCUT2D eigenvalue weighted by Gasteiger charge is -2.21. The van der Waals surface area contributed by atoms with E-state index < -0.39 is 0 Å². The van der Waals surface area contributed by atoms with Gasteiger partial charge < -0.3 is 10.1 Å². The predicted molar refractivity (Wildman–Crippen MR) is 84.4 cm³/mol. The topological polar surface area (TPSA) is 21.3 Å². The van der Waals surface area contributed by atoms with Gasteiger partial charge in [-0.2, -0.15) is 0 Å². The fraction of sp³-hybridized carbons (Fsp3) is 0.294. The molecule has 0 saturated heterocycles. The fourth-order valence-electron chi connectivity index (χ4n) is 2.31. The van der Waals surface area contributed by atoms with E-state index in [0.29, 0.717) is 5.02 Å². The molecule has 0 saturated carbocycles. The molecule has 0 aliphatic carbocycles. The Balaban J connectivity index is 2.08. The van der Waals surface area contributed by atoms with Crippen molar-refractivity contribution in [3.63, 3.8) is 0 Å². The molecule has 0 aromatic heterocycles. The van der Waals surface area contributed by atoms with E-state index >= 15 is 0 Å². The van der Waals surface area contributed by atoms with Crippen LogP contribution in [0.5, 0.6) is 5.75 Å². The first kappa shape index (κ1) is 15.8. The van der Waals surface area contributed by atoms with Crippen LogP contribution in [0.25, 0.3) is 0 Å². The normalized spacial score (nSPS) is 13.8. The predicted octanol–water partition coefficient (Wildman–Crippen LogP) is 4.90. The Morgan fingerprint density at radius 1 is 1.05 bits per heavy atom. The number of halogens is 2. The molecule has 0 spiro atoms. The van der Waals surface area contributed by atoms with E-state index in [1.807, 2.05) is 31.2 Å². The Bertz CT molecular complexity index is 600. The number of hydrogen-bond donors (Lipinski definition) is 1. The summed E-state index contributed by atoms with van der Waals surface area (Å²) in [6.45, 7) is 4.09. The van der Waals surface area contributed by atoms with Crippen molar-refractivity contribution >= 4 is 11.6 Å². The molecule has 0 radical (unpaired) electrons. The Labute approximate surface area is 129 Å². The van der Waals surface area contributed by atoms with Gasteiger partial charge in [-0.15, -0.1) is 0 Å². The number of methoxy groups -OCH3 is 1. The van der Waals surface area contributed by atoms with Gasteiger partial charge in [0.15, 0.2) is 0 Å². The van der Waals surface area contributed by atoms with Crippen molar-refractivity contribution in [2.24, 2.45) is 0 Å². The van der Waals surface area contributed by atoms with Gasteiger partial charge in [-0.25, -0.2) is 4.39 Å². The van der Waals surface area contributed by atoms with E-state index in [1.54, 1.807) is 13.2 Å². The van der Waals surface area contributed by atoms with Gasteiger partial charge in [0.2, 0.25) is 0 Å².